The van der Waals surface area contributed by atoms with Gasteiger partial charge in [-0.15, -0.1) is 4.57 Å². The minimum absolute atomic E-state index is 0.523. The highest BCUT2D eigenvalue weighted by molar-refractivity contribution is 5.44. The predicted molar refractivity (Wildman–Crippen MR) is 31.9 cm³/mol. The molecule has 0 aromatic carbocycles. The Morgan fingerprint density at radius 3 is 3.33 bits per heavy atom. The summed E-state index contributed by atoms with van der Waals surface area (Å²) in [4.78, 5) is 3.92. The van der Waals surface area contributed by atoms with Crippen molar-refractivity contribution in [3.05, 3.63) is 18.5 Å². The SMILES string of the molecule is Nc1cnc2ccon12. The standard InChI is InChI=1S/C5H5N3O/c6-4-3-7-5-1-2-9-8(4)5/h1-3H,6H2. The Morgan fingerprint density at radius 2 is 2.56 bits per heavy atom. The van der Waals surface area contributed by atoms with Gasteiger partial charge in [0.2, 0.25) is 0 Å². The molecule has 0 fully saturated rings. The lowest BCUT2D eigenvalue weighted by Crippen LogP contribution is -1.87. The molecule has 0 bridgehead atoms. The van der Waals surface area contributed by atoms with E-state index in [2.05, 4.69) is 4.98 Å². The summed E-state index contributed by atoms with van der Waals surface area (Å²) >= 11 is 0. The van der Waals surface area contributed by atoms with Crippen molar-refractivity contribution in [2.45, 2.75) is 0 Å². The summed E-state index contributed by atoms with van der Waals surface area (Å²) in [5, 5.41) is 0. The zero-order valence-electron chi connectivity index (χ0n) is 4.61. The molecule has 2 aromatic heterocycles. The van der Waals surface area contributed by atoms with Gasteiger partial charge >= 0.3 is 0 Å². The molecule has 0 atom stereocenters. The van der Waals surface area contributed by atoms with Gasteiger partial charge in [-0.1, -0.05) is 0 Å². The van der Waals surface area contributed by atoms with Crippen LogP contribution in [0.2, 0.25) is 0 Å². The van der Waals surface area contributed by atoms with Crippen LogP contribution in [0.25, 0.3) is 5.65 Å². The van der Waals surface area contributed by atoms with E-state index in [-0.39, 0.29) is 0 Å². The van der Waals surface area contributed by atoms with Gasteiger partial charge in [0.05, 0.1) is 6.20 Å². The van der Waals surface area contributed by atoms with Crippen LogP contribution < -0.4 is 5.73 Å². The maximum Gasteiger partial charge on any atom is 0.174 e. The summed E-state index contributed by atoms with van der Waals surface area (Å²) in [5.74, 6) is 0.523. The van der Waals surface area contributed by atoms with E-state index < -0.39 is 0 Å². The van der Waals surface area contributed by atoms with Gasteiger partial charge in [0.1, 0.15) is 6.26 Å². The van der Waals surface area contributed by atoms with Crippen molar-refractivity contribution in [2.24, 2.45) is 0 Å². The van der Waals surface area contributed by atoms with E-state index in [0.29, 0.717) is 5.82 Å². The first kappa shape index (κ1) is 4.43. The fourth-order valence-corrected chi connectivity index (χ4v) is 0.747. The second-order valence-electron chi connectivity index (χ2n) is 1.74. The summed E-state index contributed by atoms with van der Waals surface area (Å²) in [6, 6.07) is 1.75. The van der Waals surface area contributed by atoms with Gasteiger partial charge in [-0.05, 0) is 0 Å². The van der Waals surface area contributed by atoms with Crippen LogP contribution >= 0.6 is 0 Å². The topological polar surface area (TPSA) is 56.5 Å². The molecule has 0 saturated carbocycles. The van der Waals surface area contributed by atoms with Gasteiger partial charge in [0.15, 0.2) is 11.5 Å². The Balaban J connectivity index is 2.99. The molecule has 2 rings (SSSR count). The van der Waals surface area contributed by atoms with E-state index in [1.165, 1.54) is 4.57 Å². The molecular weight excluding hydrogens is 118 g/mol. The molecule has 0 unspecified atom stereocenters. The van der Waals surface area contributed by atoms with Gasteiger partial charge in [-0.3, -0.25) is 0 Å². The zero-order valence-corrected chi connectivity index (χ0v) is 4.61. The highest BCUT2D eigenvalue weighted by Crippen LogP contribution is 2.06. The van der Waals surface area contributed by atoms with Gasteiger partial charge < -0.3 is 10.3 Å². The van der Waals surface area contributed by atoms with Crippen molar-refractivity contribution in [3.63, 3.8) is 0 Å². The number of rotatable bonds is 0. The van der Waals surface area contributed by atoms with E-state index in [4.69, 9.17) is 10.3 Å². The molecule has 2 heterocycles. The first-order valence-electron chi connectivity index (χ1n) is 2.55. The second kappa shape index (κ2) is 1.28. The minimum Gasteiger partial charge on any atom is -0.381 e. The van der Waals surface area contributed by atoms with Crippen molar-refractivity contribution < 1.29 is 4.52 Å². The number of hydrogen-bond acceptors (Lipinski definition) is 3. The summed E-state index contributed by atoms with van der Waals surface area (Å²) in [7, 11) is 0. The lowest BCUT2D eigenvalue weighted by molar-refractivity contribution is 0.382. The quantitative estimate of drug-likeness (QED) is 0.555. The molecule has 0 saturated heterocycles. The van der Waals surface area contributed by atoms with Crippen molar-refractivity contribution in [1.82, 2.24) is 9.56 Å². The molecule has 2 N–H and O–H groups in total. The van der Waals surface area contributed by atoms with Crippen LogP contribution in [-0.2, 0) is 0 Å². The second-order valence-corrected chi connectivity index (χ2v) is 1.74. The zero-order chi connectivity index (χ0) is 6.27. The number of nitrogens with zero attached hydrogens (tertiary/aromatic N) is 2. The molecule has 9 heavy (non-hydrogen) atoms. The molecule has 4 nitrogen and oxygen atoms in total. The number of anilines is 1. The monoisotopic (exact) mass is 123 g/mol. The molecule has 0 aliphatic carbocycles. The van der Waals surface area contributed by atoms with Crippen molar-refractivity contribution in [3.8, 4) is 0 Å². The summed E-state index contributed by atoms with van der Waals surface area (Å²) in [5.41, 5.74) is 6.17. The smallest absolute Gasteiger partial charge is 0.174 e. The Kier molecular flexibility index (Phi) is 0.631. The molecule has 0 radical (unpaired) electrons. The molecule has 4 heteroatoms. The first-order chi connectivity index (χ1) is 4.38. The first-order valence-corrected chi connectivity index (χ1v) is 2.55. The van der Waals surface area contributed by atoms with Crippen LogP contribution in [0.1, 0.15) is 0 Å². The molecule has 0 amide bonds. The number of nitrogens with two attached hydrogens (primary N) is 1. The van der Waals surface area contributed by atoms with Crippen LogP contribution in [0.3, 0.4) is 0 Å². The number of hydrogen-bond donors (Lipinski definition) is 1. The highest BCUT2D eigenvalue weighted by atomic mass is 16.5. The number of aromatic nitrogens is 2. The highest BCUT2D eigenvalue weighted by Gasteiger charge is 1.98. The van der Waals surface area contributed by atoms with Gasteiger partial charge in [-0.25, -0.2) is 4.98 Å². The summed E-state index contributed by atoms with van der Waals surface area (Å²) in [6.07, 6.45) is 3.09. The maximum atomic E-state index is 5.43. The summed E-state index contributed by atoms with van der Waals surface area (Å²) < 4.78 is 6.38. The van der Waals surface area contributed by atoms with E-state index in [0.717, 1.165) is 5.65 Å². The van der Waals surface area contributed by atoms with E-state index in [1.54, 1.807) is 18.5 Å². The number of imidazole rings is 1. The van der Waals surface area contributed by atoms with Gasteiger partial charge in [0.25, 0.3) is 0 Å². The van der Waals surface area contributed by atoms with Crippen molar-refractivity contribution in [2.75, 3.05) is 5.73 Å². The average molecular weight is 123 g/mol. The van der Waals surface area contributed by atoms with Crippen molar-refractivity contribution >= 4 is 11.5 Å². The average Bonchev–Trinajstić information content (AvgIpc) is 2.35. The fraction of sp³-hybridized carbons (Fsp3) is 0. The van der Waals surface area contributed by atoms with E-state index in [9.17, 15) is 0 Å². The van der Waals surface area contributed by atoms with Crippen LogP contribution in [-0.4, -0.2) is 9.56 Å². The number of fused-ring (bicyclic) bond motifs is 1. The summed E-state index contributed by atoms with van der Waals surface area (Å²) in [6.45, 7) is 0. The van der Waals surface area contributed by atoms with Crippen molar-refractivity contribution in [1.29, 1.82) is 0 Å². The van der Waals surface area contributed by atoms with E-state index >= 15 is 0 Å². The molecule has 0 aliphatic heterocycles. The Morgan fingerprint density at radius 1 is 1.67 bits per heavy atom. The minimum atomic E-state index is 0.523. The fourth-order valence-electron chi connectivity index (χ4n) is 0.747. The van der Waals surface area contributed by atoms with Crippen LogP contribution in [0.5, 0.6) is 0 Å². The molecule has 0 spiro atoms. The Labute approximate surface area is 50.9 Å². The Hall–Kier alpha value is -1.45. The maximum absolute atomic E-state index is 5.43. The van der Waals surface area contributed by atoms with Gasteiger partial charge in [0, 0.05) is 6.07 Å². The lowest BCUT2D eigenvalue weighted by Gasteiger charge is -1.81. The van der Waals surface area contributed by atoms with Gasteiger partial charge in [-0.2, -0.15) is 0 Å². The largest absolute Gasteiger partial charge is 0.381 e. The Bertz CT molecular complexity index is 321. The van der Waals surface area contributed by atoms with E-state index in [1.807, 2.05) is 0 Å². The predicted octanol–water partition coefficient (Wildman–Crippen LogP) is 0.510. The number of nitrogen functional groups attached to an aromatic ring is 1. The van der Waals surface area contributed by atoms with Crippen LogP contribution in [0.4, 0.5) is 5.82 Å². The molecular formula is C5H5N3O. The normalized spacial score (nSPS) is 10.7. The third-order valence-electron chi connectivity index (χ3n) is 1.16. The van der Waals surface area contributed by atoms with Crippen LogP contribution in [0.15, 0.2) is 23.0 Å². The molecule has 2 aromatic rings. The molecule has 0 aliphatic rings. The van der Waals surface area contributed by atoms with Crippen LogP contribution in [0, 0.1) is 0 Å². The lowest BCUT2D eigenvalue weighted by atomic mass is 10.7. The third kappa shape index (κ3) is 0.440. The molecule has 46 valence electrons. The third-order valence-corrected chi connectivity index (χ3v) is 1.16.